The lowest BCUT2D eigenvalue weighted by Crippen LogP contribution is -2.27. The maximum absolute atomic E-state index is 11.9. The van der Waals surface area contributed by atoms with Crippen molar-refractivity contribution in [3.8, 4) is 12.3 Å². The number of rotatable bonds is 7. The first-order chi connectivity index (χ1) is 9.10. The van der Waals surface area contributed by atoms with Crippen molar-refractivity contribution in [1.29, 1.82) is 0 Å². The van der Waals surface area contributed by atoms with Gasteiger partial charge in [0.2, 0.25) is 10.0 Å². The van der Waals surface area contributed by atoms with Gasteiger partial charge in [0, 0.05) is 6.54 Å². The van der Waals surface area contributed by atoms with Gasteiger partial charge in [0.25, 0.3) is 0 Å². The van der Waals surface area contributed by atoms with E-state index in [1.807, 2.05) is 0 Å². The molecule has 0 bridgehead atoms. The Morgan fingerprint density at radius 1 is 1.37 bits per heavy atom. The van der Waals surface area contributed by atoms with E-state index in [4.69, 9.17) is 11.2 Å². The van der Waals surface area contributed by atoms with Crippen molar-refractivity contribution in [1.82, 2.24) is 4.72 Å². The van der Waals surface area contributed by atoms with Crippen molar-refractivity contribution in [3.63, 3.8) is 0 Å². The highest BCUT2D eigenvalue weighted by Crippen LogP contribution is 2.15. The van der Waals surface area contributed by atoms with Gasteiger partial charge < -0.3 is 4.74 Å². The van der Waals surface area contributed by atoms with E-state index in [2.05, 4.69) is 33.0 Å². The molecule has 7 heteroatoms. The second kappa shape index (κ2) is 7.79. The minimum Gasteiger partial charge on any atom is -0.367 e. The van der Waals surface area contributed by atoms with E-state index < -0.39 is 10.0 Å². The van der Waals surface area contributed by atoms with Gasteiger partial charge in [-0.25, -0.2) is 13.1 Å². The van der Waals surface area contributed by atoms with E-state index >= 15 is 0 Å². The van der Waals surface area contributed by atoms with E-state index in [0.717, 1.165) is 0 Å². The van der Waals surface area contributed by atoms with Gasteiger partial charge in [-0.1, -0.05) is 5.92 Å². The summed E-state index contributed by atoms with van der Waals surface area (Å²) < 4.78 is 31.1. The molecule has 0 heterocycles. The van der Waals surface area contributed by atoms with E-state index in [9.17, 15) is 8.42 Å². The van der Waals surface area contributed by atoms with Crippen molar-refractivity contribution in [2.75, 3.05) is 19.8 Å². The fourth-order valence-corrected chi connectivity index (χ4v) is 2.33. The smallest absolute Gasteiger partial charge is 0.240 e. The maximum Gasteiger partial charge on any atom is 0.240 e. The molecule has 19 heavy (non-hydrogen) atoms. The van der Waals surface area contributed by atoms with Crippen LogP contribution in [-0.4, -0.2) is 33.3 Å². The third-order valence-electron chi connectivity index (χ3n) is 2.05. The Hall–Kier alpha value is -1.55. The van der Waals surface area contributed by atoms with Crippen molar-refractivity contribution in [3.05, 3.63) is 24.3 Å². The van der Waals surface area contributed by atoms with Gasteiger partial charge in [-0.05, 0) is 36.5 Å². The molecule has 0 aliphatic heterocycles. The summed E-state index contributed by atoms with van der Waals surface area (Å²) in [4.78, 5) is 3.88. The minimum atomic E-state index is -3.55. The molecule has 100 valence electrons. The quantitative estimate of drug-likeness (QED) is 0.357. The Morgan fingerprint density at radius 2 is 2.05 bits per heavy atom. The van der Waals surface area contributed by atoms with Crippen LogP contribution >= 0.6 is 12.2 Å². The van der Waals surface area contributed by atoms with Crippen LogP contribution in [0, 0.1) is 12.3 Å². The second-order valence-corrected chi connectivity index (χ2v) is 5.30. The summed E-state index contributed by atoms with van der Waals surface area (Å²) >= 11 is 4.46. The Labute approximate surface area is 117 Å². The summed E-state index contributed by atoms with van der Waals surface area (Å²) in [5, 5.41) is 2.21. The van der Waals surface area contributed by atoms with E-state index in [-0.39, 0.29) is 24.7 Å². The molecule has 0 amide bonds. The summed E-state index contributed by atoms with van der Waals surface area (Å²) in [6.07, 6.45) is 4.99. The molecule has 0 unspecified atom stereocenters. The molecular formula is C12H12N2O3S2. The molecule has 0 atom stereocenters. The van der Waals surface area contributed by atoms with Crippen molar-refractivity contribution < 1.29 is 13.2 Å². The Balaban J connectivity index is 2.62. The van der Waals surface area contributed by atoms with Crippen molar-refractivity contribution >= 4 is 33.1 Å². The highest BCUT2D eigenvalue weighted by molar-refractivity contribution is 7.89. The third kappa shape index (κ3) is 5.30. The number of terminal acetylenes is 1. The first kappa shape index (κ1) is 15.5. The fourth-order valence-electron chi connectivity index (χ4n) is 1.22. The van der Waals surface area contributed by atoms with Crippen LogP contribution in [0.5, 0.6) is 0 Å². The molecule has 0 spiro atoms. The second-order valence-electron chi connectivity index (χ2n) is 3.35. The molecule has 0 radical (unpaired) electrons. The first-order valence-electron chi connectivity index (χ1n) is 5.29. The number of aliphatic imine (C=N–C) groups is 1. The van der Waals surface area contributed by atoms with Crippen LogP contribution in [0.4, 0.5) is 5.69 Å². The van der Waals surface area contributed by atoms with Crippen LogP contribution < -0.4 is 4.72 Å². The molecule has 0 aliphatic carbocycles. The van der Waals surface area contributed by atoms with Crippen molar-refractivity contribution in [2.24, 2.45) is 4.99 Å². The summed E-state index contributed by atoms with van der Waals surface area (Å²) in [7, 11) is -3.55. The first-order valence-corrected chi connectivity index (χ1v) is 7.18. The molecule has 5 nitrogen and oxygen atoms in total. The Morgan fingerprint density at radius 3 is 2.63 bits per heavy atom. The number of ether oxygens (including phenoxy) is 1. The molecule has 1 N–H and O–H groups in total. The zero-order chi connectivity index (χ0) is 14.1. The number of sulfonamides is 1. The number of benzene rings is 1. The largest absolute Gasteiger partial charge is 0.367 e. The van der Waals surface area contributed by atoms with Gasteiger partial charge in [-0.15, -0.1) is 6.42 Å². The fraction of sp³-hybridized carbons (Fsp3) is 0.250. The van der Waals surface area contributed by atoms with Gasteiger partial charge in [0.05, 0.1) is 22.4 Å². The molecule has 0 fully saturated rings. The summed E-state index contributed by atoms with van der Waals surface area (Å²) in [5.41, 5.74) is 0.548. The third-order valence-corrected chi connectivity index (χ3v) is 3.61. The lowest BCUT2D eigenvalue weighted by molar-refractivity contribution is 0.173. The molecule has 0 saturated heterocycles. The standard InChI is InChI=1S/C12H12N2O3S2/c1-2-8-17-9-7-14-19(15,16)12-5-3-11(4-6-12)13-10-18/h1,3-6,14H,7-9H2. The lowest BCUT2D eigenvalue weighted by Gasteiger charge is -2.06. The number of thiocarbonyl (C=S) groups is 1. The van der Waals surface area contributed by atoms with E-state index in [1.165, 1.54) is 12.1 Å². The molecule has 0 aromatic heterocycles. The summed E-state index contributed by atoms with van der Waals surface area (Å²) in [5.74, 6) is 2.29. The topological polar surface area (TPSA) is 67.8 Å². The number of isothiocyanates is 1. The molecule has 0 aliphatic rings. The monoisotopic (exact) mass is 296 g/mol. The average molecular weight is 296 g/mol. The normalized spacial score (nSPS) is 10.5. The molecular weight excluding hydrogens is 284 g/mol. The van der Waals surface area contributed by atoms with Crippen LogP contribution in [-0.2, 0) is 14.8 Å². The van der Waals surface area contributed by atoms with Crippen LogP contribution in [0.2, 0.25) is 0 Å². The Bertz CT molecular complexity index is 597. The number of hydrogen-bond acceptors (Lipinski definition) is 5. The van der Waals surface area contributed by atoms with E-state index in [0.29, 0.717) is 5.69 Å². The number of nitrogens with zero attached hydrogens (tertiary/aromatic N) is 1. The minimum absolute atomic E-state index is 0.146. The van der Waals surface area contributed by atoms with Crippen LogP contribution in [0.3, 0.4) is 0 Å². The van der Waals surface area contributed by atoms with Gasteiger partial charge in [-0.2, -0.15) is 4.99 Å². The predicted octanol–water partition coefficient (Wildman–Crippen LogP) is 1.35. The Kier molecular flexibility index (Phi) is 6.36. The van der Waals surface area contributed by atoms with Crippen LogP contribution in [0.15, 0.2) is 34.2 Å². The predicted molar refractivity (Wildman–Crippen MR) is 76.0 cm³/mol. The zero-order valence-electron chi connectivity index (χ0n) is 10.00. The van der Waals surface area contributed by atoms with E-state index in [1.54, 1.807) is 12.1 Å². The number of hydrogen-bond donors (Lipinski definition) is 1. The highest BCUT2D eigenvalue weighted by Gasteiger charge is 2.12. The van der Waals surface area contributed by atoms with Gasteiger partial charge in [0.1, 0.15) is 6.61 Å². The van der Waals surface area contributed by atoms with Gasteiger partial charge >= 0.3 is 0 Å². The van der Waals surface area contributed by atoms with Crippen molar-refractivity contribution in [2.45, 2.75) is 4.90 Å². The van der Waals surface area contributed by atoms with Crippen LogP contribution in [0.1, 0.15) is 0 Å². The summed E-state index contributed by atoms with van der Waals surface area (Å²) in [6.45, 7) is 0.534. The molecule has 1 aromatic rings. The van der Waals surface area contributed by atoms with Gasteiger partial charge in [0.15, 0.2) is 0 Å². The molecule has 0 saturated carbocycles. The van der Waals surface area contributed by atoms with Gasteiger partial charge in [-0.3, -0.25) is 0 Å². The molecule has 1 aromatic carbocycles. The summed E-state index contributed by atoms with van der Waals surface area (Å²) in [6, 6.07) is 5.97. The lowest BCUT2D eigenvalue weighted by atomic mass is 10.3. The molecule has 1 rings (SSSR count). The van der Waals surface area contributed by atoms with Crippen LogP contribution in [0.25, 0.3) is 0 Å². The highest BCUT2D eigenvalue weighted by atomic mass is 32.2. The zero-order valence-corrected chi connectivity index (χ0v) is 11.6. The SMILES string of the molecule is C#CCOCCNS(=O)(=O)c1ccc(N=C=S)cc1. The average Bonchev–Trinajstić information content (AvgIpc) is 2.39. The number of nitrogens with one attached hydrogen (secondary N) is 1. The maximum atomic E-state index is 11.9.